The van der Waals surface area contributed by atoms with Crippen molar-refractivity contribution in [3.05, 3.63) is 85.9 Å². The fourth-order valence-electron chi connectivity index (χ4n) is 4.70. The zero-order valence-electron chi connectivity index (χ0n) is 19.3. The second-order valence-electron chi connectivity index (χ2n) is 9.56. The molecule has 4 rings (SSSR count). The average Bonchev–Trinajstić information content (AvgIpc) is 2.72. The third kappa shape index (κ3) is 4.43. The fourth-order valence-corrected chi connectivity index (χ4v) is 5.09. The third-order valence-corrected chi connectivity index (χ3v) is 6.99. The second kappa shape index (κ2) is 8.72. The normalized spacial score (nSPS) is 19.6. The van der Waals surface area contributed by atoms with Gasteiger partial charge in [0, 0.05) is 18.4 Å². The maximum atomic E-state index is 13.3. The highest BCUT2D eigenvalue weighted by Crippen LogP contribution is 2.48. The van der Waals surface area contributed by atoms with Gasteiger partial charge in [0.1, 0.15) is 29.8 Å². The first kappa shape index (κ1) is 23.1. The van der Waals surface area contributed by atoms with Crippen LogP contribution in [0.1, 0.15) is 54.9 Å². The molecule has 33 heavy (non-hydrogen) atoms. The van der Waals surface area contributed by atoms with Crippen LogP contribution in [0.2, 0.25) is 0 Å². The van der Waals surface area contributed by atoms with Crippen LogP contribution in [0, 0.1) is 30.6 Å². The Bertz CT molecular complexity index is 1250. The monoisotopic (exact) mass is 506 g/mol. The number of aryl methyl sites for hydroxylation is 2. The van der Waals surface area contributed by atoms with E-state index in [1.54, 1.807) is 0 Å². The molecule has 2 aromatic rings. The van der Waals surface area contributed by atoms with Crippen LogP contribution in [0.25, 0.3) is 0 Å². The number of hydrogen-bond donors (Lipinski definition) is 1. The Morgan fingerprint density at radius 2 is 1.94 bits per heavy atom. The summed E-state index contributed by atoms with van der Waals surface area (Å²) in [4.78, 5) is 13.3. The number of benzene rings is 2. The van der Waals surface area contributed by atoms with E-state index in [1.807, 2.05) is 58.0 Å². The van der Waals surface area contributed by atoms with E-state index in [1.165, 1.54) is 0 Å². The molecule has 2 aromatic carbocycles. The molecule has 0 unspecified atom stereocenters. The van der Waals surface area contributed by atoms with E-state index in [9.17, 15) is 10.1 Å². The first-order chi connectivity index (χ1) is 15.6. The number of rotatable bonds is 4. The number of nitrogens with zero attached hydrogens (tertiary/aromatic N) is 1. The Labute approximate surface area is 203 Å². The SMILES string of the molecule is Cc1cc(C)c([C@@H]2C(C#N)=C(N)OC3=C2C(=O)CC(C)(C)C3)cc1COc1ccccc1Br. The molecule has 0 bridgehead atoms. The molecule has 0 fully saturated rings. The Morgan fingerprint density at radius 1 is 1.21 bits per heavy atom. The van der Waals surface area contributed by atoms with Gasteiger partial charge in [-0.15, -0.1) is 0 Å². The summed E-state index contributed by atoms with van der Waals surface area (Å²) in [6.07, 6.45) is 1.01. The molecule has 0 aromatic heterocycles. The maximum Gasteiger partial charge on any atom is 0.205 e. The Balaban J connectivity index is 1.79. The number of carbonyl (C=O) groups is 1. The van der Waals surface area contributed by atoms with Crippen molar-refractivity contribution in [1.29, 1.82) is 5.26 Å². The molecule has 1 aliphatic carbocycles. The van der Waals surface area contributed by atoms with E-state index >= 15 is 0 Å². The number of allylic oxidation sites excluding steroid dienone is 3. The highest BCUT2D eigenvalue weighted by molar-refractivity contribution is 9.10. The van der Waals surface area contributed by atoms with Gasteiger partial charge in [-0.1, -0.05) is 38.1 Å². The minimum Gasteiger partial charge on any atom is -0.488 e. The molecular weight excluding hydrogens is 480 g/mol. The standard InChI is InChI=1S/C27H27BrN2O3/c1-15-9-16(2)18(10-17(15)14-32-22-8-6-5-7-20(22)28)24-19(13-29)26(30)33-23-12-27(3,4)11-21(31)25(23)24/h5-10,24H,11-12,14,30H2,1-4H3/t24-/m1/s1. The minimum atomic E-state index is -0.537. The summed E-state index contributed by atoms with van der Waals surface area (Å²) in [6, 6.07) is 14.0. The van der Waals surface area contributed by atoms with Gasteiger partial charge in [0.05, 0.1) is 10.4 Å². The summed E-state index contributed by atoms with van der Waals surface area (Å²) < 4.78 is 12.8. The molecule has 1 atom stereocenters. The van der Waals surface area contributed by atoms with E-state index in [0.29, 0.717) is 30.8 Å². The van der Waals surface area contributed by atoms with E-state index in [2.05, 4.69) is 28.1 Å². The number of ketones is 1. The van der Waals surface area contributed by atoms with Gasteiger partial charge >= 0.3 is 0 Å². The number of ether oxygens (including phenoxy) is 2. The van der Waals surface area contributed by atoms with Gasteiger partial charge in [0.2, 0.25) is 5.88 Å². The van der Waals surface area contributed by atoms with E-state index in [-0.39, 0.29) is 22.7 Å². The number of nitriles is 1. The van der Waals surface area contributed by atoms with Gasteiger partial charge in [-0.3, -0.25) is 4.79 Å². The molecule has 1 heterocycles. The number of halogens is 1. The third-order valence-electron chi connectivity index (χ3n) is 6.33. The van der Waals surface area contributed by atoms with Crippen LogP contribution < -0.4 is 10.5 Å². The molecule has 6 heteroatoms. The second-order valence-corrected chi connectivity index (χ2v) is 10.4. The van der Waals surface area contributed by atoms with Crippen molar-refractivity contribution in [3.8, 4) is 11.8 Å². The predicted octanol–water partition coefficient (Wildman–Crippen LogP) is 6.10. The topological polar surface area (TPSA) is 85.3 Å². The highest BCUT2D eigenvalue weighted by Gasteiger charge is 2.43. The number of Topliss-reactive ketones (excluding diaryl/α,β-unsaturated/α-hetero) is 1. The molecule has 2 N–H and O–H groups in total. The molecule has 5 nitrogen and oxygen atoms in total. The molecule has 0 amide bonds. The van der Waals surface area contributed by atoms with Crippen LogP contribution in [0.4, 0.5) is 0 Å². The van der Waals surface area contributed by atoms with E-state index in [0.717, 1.165) is 32.5 Å². The van der Waals surface area contributed by atoms with Gasteiger partial charge in [-0.25, -0.2) is 0 Å². The zero-order valence-corrected chi connectivity index (χ0v) is 20.9. The Morgan fingerprint density at radius 3 is 2.64 bits per heavy atom. The molecule has 1 aliphatic heterocycles. The lowest BCUT2D eigenvalue weighted by molar-refractivity contribution is -0.119. The van der Waals surface area contributed by atoms with Crippen molar-refractivity contribution < 1.29 is 14.3 Å². The number of carbonyl (C=O) groups excluding carboxylic acids is 1. The lowest BCUT2D eigenvalue weighted by Gasteiger charge is -2.37. The lowest BCUT2D eigenvalue weighted by Crippen LogP contribution is -2.33. The van der Waals surface area contributed by atoms with Crippen molar-refractivity contribution in [2.75, 3.05) is 0 Å². The summed E-state index contributed by atoms with van der Waals surface area (Å²) in [5.41, 5.74) is 10.8. The van der Waals surface area contributed by atoms with Crippen molar-refractivity contribution >= 4 is 21.7 Å². The summed E-state index contributed by atoms with van der Waals surface area (Å²) in [7, 11) is 0. The molecular formula is C27H27BrN2O3. The number of nitrogens with two attached hydrogens (primary N) is 1. The van der Waals surface area contributed by atoms with Crippen molar-refractivity contribution in [2.45, 2.75) is 53.1 Å². The average molecular weight is 507 g/mol. The zero-order chi connectivity index (χ0) is 23.9. The van der Waals surface area contributed by atoms with Gasteiger partial charge in [-0.05, 0) is 69.6 Å². The molecule has 170 valence electrons. The first-order valence-electron chi connectivity index (χ1n) is 10.9. The number of hydrogen-bond acceptors (Lipinski definition) is 5. The smallest absolute Gasteiger partial charge is 0.205 e. The predicted molar refractivity (Wildman–Crippen MR) is 130 cm³/mol. The highest BCUT2D eigenvalue weighted by atomic mass is 79.9. The lowest BCUT2D eigenvalue weighted by atomic mass is 9.69. The van der Waals surface area contributed by atoms with Gasteiger partial charge in [0.25, 0.3) is 0 Å². The van der Waals surface area contributed by atoms with E-state index < -0.39 is 5.92 Å². The van der Waals surface area contributed by atoms with Crippen LogP contribution in [0.15, 0.2) is 63.7 Å². The van der Waals surface area contributed by atoms with Crippen molar-refractivity contribution in [3.63, 3.8) is 0 Å². The van der Waals surface area contributed by atoms with Crippen LogP contribution in [-0.4, -0.2) is 5.78 Å². The molecule has 0 radical (unpaired) electrons. The maximum absolute atomic E-state index is 13.3. The van der Waals surface area contributed by atoms with Gasteiger partial charge in [-0.2, -0.15) is 5.26 Å². The van der Waals surface area contributed by atoms with Crippen molar-refractivity contribution in [1.82, 2.24) is 0 Å². The molecule has 0 saturated carbocycles. The van der Waals surface area contributed by atoms with Gasteiger partial charge < -0.3 is 15.2 Å². The molecule has 2 aliphatic rings. The Kier molecular flexibility index (Phi) is 6.11. The van der Waals surface area contributed by atoms with Crippen LogP contribution in [-0.2, 0) is 16.1 Å². The quantitative estimate of drug-likeness (QED) is 0.541. The van der Waals surface area contributed by atoms with E-state index in [4.69, 9.17) is 15.2 Å². The first-order valence-corrected chi connectivity index (χ1v) is 11.7. The van der Waals surface area contributed by atoms with Crippen LogP contribution in [0.3, 0.4) is 0 Å². The van der Waals surface area contributed by atoms with Crippen molar-refractivity contribution in [2.24, 2.45) is 11.1 Å². The van der Waals surface area contributed by atoms with Crippen LogP contribution >= 0.6 is 15.9 Å². The number of para-hydroxylation sites is 1. The summed E-state index contributed by atoms with van der Waals surface area (Å²) in [5, 5.41) is 9.94. The fraction of sp³-hybridized carbons (Fsp3) is 0.333. The largest absolute Gasteiger partial charge is 0.488 e. The molecule has 0 spiro atoms. The Hall–Kier alpha value is -3.04. The summed E-state index contributed by atoms with van der Waals surface area (Å²) in [5.74, 6) is 0.894. The van der Waals surface area contributed by atoms with Crippen LogP contribution in [0.5, 0.6) is 5.75 Å². The molecule has 0 saturated heterocycles. The minimum absolute atomic E-state index is 0.0116. The van der Waals surface area contributed by atoms with Gasteiger partial charge in [0.15, 0.2) is 5.78 Å². The summed E-state index contributed by atoms with van der Waals surface area (Å²) >= 11 is 3.52. The summed E-state index contributed by atoms with van der Waals surface area (Å²) in [6.45, 7) is 8.48.